The molecule has 0 fully saturated rings. The minimum Gasteiger partial charge on any atom is -0.310 e. The van der Waals surface area contributed by atoms with Crippen LogP contribution in [-0.4, -0.2) is 11.0 Å². The lowest BCUT2D eigenvalue weighted by atomic mass is 10.1. The van der Waals surface area contributed by atoms with E-state index in [1.165, 1.54) is 4.88 Å². The number of benzene rings is 1. The molecule has 4 heteroatoms. The second-order valence-corrected chi connectivity index (χ2v) is 6.74. The lowest BCUT2D eigenvalue weighted by Crippen LogP contribution is -2.21. The number of aromatic nitrogens is 1. The number of hydrogen-bond acceptors (Lipinski definition) is 3. The van der Waals surface area contributed by atoms with E-state index < -0.39 is 0 Å². The third kappa shape index (κ3) is 4.11. The van der Waals surface area contributed by atoms with E-state index in [0.29, 0.717) is 11.6 Å². The minimum atomic E-state index is -0.185. The van der Waals surface area contributed by atoms with E-state index in [-0.39, 0.29) is 5.82 Å². The molecular weight excluding hydrogens is 283 g/mol. The summed E-state index contributed by atoms with van der Waals surface area (Å²) in [7, 11) is 0. The quantitative estimate of drug-likeness (QED) is 0.836. The van der Waals surface area contributed by atoms with Crippen molar-refractivity contribution in [3.8, 4) is 10.6 Å². The van der Waals surface area contributed by atoms with E-state index in [1.54, 1.807) is 17.4 Å². The van der Waals surface area contributed by atoms with Gasteiger partial charge in [-0.05, 0) is 31.0 Å². The number of rotatable bonds is 6. The molecule has 0 atom stereocenters. The highest BCUT2D eigenvalue weighted by Crippen LogP contribution is 2.31. The second-order valence-electron chi connectivity index (χ2n) is 5.66. The number of aryl methyl sites for hydroxylation is 2. The van der Waals surface area contributed by atoms with Gasteiger partial charge in [0.2, 0.25) is 0 Å². The predicted octanol–water partition coefficient (Wildman–Crippen LogP) is 4.71. The van der Waals surface area contributed by atoms with Gasteiger partial charge in [0.1, 0.15) is 10.8 Å². The number of hydrogen-bond donors (Lipinski definition) is 1. The molecule has 0 spiro atoms. The Morgan fingerprint density at radius 1 is 1.33 bits per heavy atom. The molecule has 0 unspecified atom stereocenters. The predicted molar refractivity (Wildman–Crippen MR) is 88.2 cm³/mol. The molecule has 2 rings (SSSR count). The molecule has 0 saturated heterocycles. The van der Waals surface area contributed by atoms with Gasteiger partial charge in [0.15, 0.2) is 0 Å². The molecule has 114 valence electrons. The highest BCUT2D eigenvalue weighted by Gasteiger charge is 2.15. The number of nitrogens with zero attached hydrogens (tertiary/aromatic N) is 1. The zero-order valence-electron chi connectivity index (χ0n) is 13.2. The van der Waals surface area contributed by atoms with Crippen LogP contribution in [0.5, 0.6) is 0 Å². The summed E-state index contributed by atoms with van der Waals surface area (Å²) in [6.07, 6.45) is 1.99. The van der Waals surface area contributed by atoms with E-state index in [4.69, 9.17) is 0 Å². The fourth-order valence-corrected chi connectivity index (χ4v) is 3.24. The maximum Gasteiger partial charge on any atom is 0.133 e. The largest absolute Gasteiger partial charge is 0.310 e. The maximum atomic E-state index is 14.1. The molecule has 2 nitrogen and oxygen atoms in total. The smallest absolute Gasteiger partial charge is 0.133 e. The Labute approximate surface area is 130 Å². The first-order chi connectivity index (χ1) is 10.0. The van der Waals surface area contributed by atoms with E-state index >= 15 is 0 Å². The van der Waals surface area contributed by atoms with Gasteiger partial charge < -0.3 is 5.32 Å². The van der Waals surface area contributed by atoms with Gasteiger partial charge in [0.05, 0.1) is 5.69 Å². The molecule has 1 heterocycles. The van der Waals surface area contributed by atoms with Gasteiger partial charge in [-0.3, -0.25) is 0 Å². The Morgan fingerprint density at radius 3 is 2.71 bits per heavy atom. The first-order valence-corrected chi connectivity index (χ1v) is 8.31. The molecule has 2 aromatic rings. The van der Waals surface area contributed by atoms with E-state index in [1.807, 2.05) is 19.1 Å². The SMILES string of the molecule is CCCc1nc(-c2ccc(C)cc2F)sc1CNC(C)C. The molecule has 0 amide bonds. The van der Waals surface area contributed by atoms with Crippen LogP contribution in [0.2, 0.25) is 0 Å². The Kier molecular flexibility index (Phi) is 5.48. The van der Waals surface area contributed by atoms with Crippen molar-refractivity contribution in [2.75, 3.05) is 0 Å². The van der Waals surface area contributed by atoms with Crippen LogP contribution in [0.1, 0.15) is 43.3 Å². The molecule has 1 aromatic carbocycles. The standard InChI is InChI=1S/C17H23FN2S/c1-5-6-15-16(10-19-11(2)3)21-17(20-15)13-8-7-12(4)9-14(13)18/h7-9,11,19H,5-6,10H2,1-4H3. The molecule has 0 bridgehead atoms. The molecular formula is C17H23FN2S. The average Bonchev–Trinajstić information content (AvgIpc) is 2.80. The topological polar surface area (TPSA) is 24.9 Å². The van der Waals surface area contributed by atoms with Crippen LogP contribution in [0.25, 0.3) is 10.6 Å². The fourth-order valence-electron chi connectivity index (χ4n) is 2.16. The fraction of sp³-hybridized carbons (Fsp3) is 0.471. The van der Waals surface area contributed by atoms with Crippen molar-refractivity contribution < 1.29 is 4.39 Å². The summed E-state index contributed by atoms with van der Waals surface area (Å²) in [6, 6.07) is 5.77. The zero-order valence-corrected chi connectivity index (χ0v) is 14.0. The Bertz CT molecular complexity index is 605. The summed E-state index contributed by atoms with van der Waals surface area (Å²) < 4.78 is 14.1. The van der Waals surface area contributed by atoms with Crippen LogP contribution < -0.4 is 5.32 Å². The van der Waals surface area contributed by atoms with Gasteiger partial charge in [0.25, 0.3) is 0 Å². The van der Waals surface area contributed by atoms with Crippen molar-refractivity contribution in [2.45, 2.75) is 53.1 Å². The monoisotopic (exact) mass is 306 g/mol. The number of halogens is 1. The summed E-state index contributed by atoms with van der Waals surface area (Å²) in [5, 5.41) is 4.21. The maximum absolute atomic E-state index is 14.1. The van der Waals surface area contributed by atoms with Gasteiger partial charge in [0, 0.05) is 23.0 Å². The lowest BCUT2D eigenvalue weighted by Gasteiger charge is -2.07. The third-order valence-electron chi connectivity index (χ3n) is 3.29. The number of thiazole rings is 1. The summed E-state index contributed by atoms with van der Waals surface area (Å²) in [4.78, 5) is 5.90. The van der Waals surface area contributed by atoms with Gasteiger partial charge in [-0.1, -0.05) is 33.3 Å². The van der Waals surface area contributed by atoms with Gasteiger partial charge in [-0.2, -0.15) is 0 Å². The van der Waals surface area contributed by atoms with E-state index in [9.17, 15) is 4.39 Å². The summed E-state index contributed by atoms with van der Waals surface area (Å²) in [5.41, 5.74) is 2.65. The normalized spacial score (nSPS) is 11.3. The Morgan fingerprint density at radius 2 is 2.10 bits per heavy atom. The van der Waals surface area contributed by atoms with E-state index in [0.717, 1.165) is 35.7 Å². The summed E-state index contributed by atoms with van der Waals surface area (Å²) in [5.74, 6) is -0.185. The van der Waals surface area contributed by atoms with Gasteiger partial charge in [-0.15, -0.1) is 11.3 Å². The number of nitrogens with one attached hydrogen (secondary N) is 1. The summed E-state index contributed by atoms with van der Waals surface area (Å²) in [6.45, 7) is 9.10. The van der Waals surface area contributed by atoms with Gasteiger partial charge >= 0.3 is 0 Å². The molecule has 1 N–H and O–H groups in total. The van der Waals surface area contributed by atoms with Crippen molar-refractivity contribution in [1.29, 1.82) is 0 Å². The van der Waals surface area contributed by atoms with Crippen molar-refractivity contribution in [1.82, 2.24) is 10.3 Å². The average molecular weight is 306 g/mol. The van der Waals surface area contributed by atoms with Crippen LogP contribution in [0.3, 0.4) is 0 Å². The first kappa shape index (κ1) is 16.1. The highest BCUT2D eigenvalue weighted by molar-refractivity contribution is 7.15. The van der Waals surface area contributed by atoms with Crippen molar-refractivity contribution in [3.05, 3.63) is 40.2 Å². The molecule has 0 saturated carbocycles. The molecule has 21 heavy (non-hydrogen) atoms. The molecule has 0 aliphatic rings. The minimum absolute atomic E-state index is 0.185. The summed E-state index contributed by atoms with van der Waals surface area (Å²) >= 11 is 1.60. The van der Waals surface area contributed by atoms with E-state index in [2.05, 4.69) is 31.1 Å². The second kappa shape index (κ2) is 7.14. The molecule has 0 radical (unpaired) electrons. The van der Waals surface area contributed by atoms with Crippen molar-refractivity contribution >= 4 is 11.3 Å². The highest BCUT2D eigenvalue weighted by atomic mass is 32.1. The van der Waals surface area contributed by atoms with Crippen LogP contribution in [0, 0.1) is 12.7 Å². The molecule has 1 aromatic heterocycles. The van der Waals surface area contributed by atoms with Crippen LogP contribution >= 0.6 is 11.3 Å². The third-order valence-corrected chi connectivity index (χ3v) is 4.42. The molecule has 0 aliphatic carbocycles. The lowest BCUT2D eigenvalue weighted by molar-refractivity contribution is 0.589. The van der Waals surface area contributed by atoms with Crippen LogP contribution in [0.4, 0.5) is 4.39 Å². The van der Waals surface area contributed by atoms with Crippen molar-refractivity contribution in [2.24, 2.45) is 0 Å². The molecule has 0 aliphatic heterocycles. The zero-order chi connectivity index (χ0) is 15.4. The van der Waals surface area contributed by atoms with Gasteiger partial charge in [-0.25, -0.2) is 9.37 Å². The van der Waals surface area contributed by atoms with Crippen LogP contribution in [0.15, 0.2) is 18.2 Å². The van der Waals surface area contributed by atoms with Crippen molar-refractivity contribution in [3.63, 3.8) is 0 Å². The first-order valence-electron chi connectivity index (χ1n) is 7.49. The Hall–Kier alpha value is -1.26. The van der Waals surface area contributed by atoms with Crippen LogP contribution in [-0.2, 0) is 13.0 Å². The Balaban J connectivity index is 2.33.